The molecule has 0 aliphatic carbocycles. The van der Waals surface area contributed by atoms with Gasteiger partial charge in [0.2, 0.25) is 5.91 Å². The van der Waals surface area contributed by atoms with Gasteiger partial charge in [-0.15, -0.1) is 11.3 Å². The van der Waals surface area contributed by atoms with Crippen LogP contribution < -0.4 is 5.56 Å². The molecule has 8 heteroatoms. The van der Waals surface area contributed by atoms with Crippen molar-refractivity contribution in [3.05, 3.63) is 60.7 Å². The standard InChI is InChI=1S/C16H17N3O4S/c1-2-13-12-6-8-24-14(12)5-7-18(13)16(21)10-17-9-11(19(22)23)3-4-15(17)20/h3-4,6,8-9,13H,2,5,7,10H2,1H3. The average Bonchev–Trinajstić information content (AvgIpc) is 3.04. The van der Waals surface area contributed by atoms with Crippen LogP contribution >= 0.6 is 11.3 Å². The molecule has 1 atom stereocenters. The average molecular weight is 347 g/mol. The van der Waals surface area contributed by atoms with Crippen LogP contribution in [0.1, 0.15) is 29.8 Å². The van der Waals surface area contributed by atoms with E-state index >= 15 is 0 Å². The maximum atomic E-state index is 12.7. The molecule has 0 N–H and O–H groups in total. The van der Waals surface area contributed by atoms with Crippen molar-refractivity contribution in [1.82, 2.24) is 9.47 Å². The maximum Gasteiger partial charge on any atom is 0.285 e. The van der Waals surface area contributed by atoms with Crippen LogP contribution in [0.3, 0.4) is 0 Å². The van der Waals surface area contributed by atoms with Gasteiger partial charge >= 0.3 is 0 Å². The number of fused-ring (bicyclic) bond motifs is 1. The molecule has 1 aliphatic rings. The topological polar surface area (TPSA) is 85.4 Å². The third-order valence-electron chi connectivity index (χ3n) is 4.29. The van der Waals surface area contributed by atoms with Gasteiger partial charge in [-0.1, -0.05) is 6.92 Å². The molecule has 1 aliphatic heterocycles. The fourth-order valence-corrected chi connectivity index (χ4v) is 4.05. The lowest BCUT2D eigenvalue weighted by atomic mass is 9.98. The third-order valence-corrected chi connectivity index (χ3v) is 5.28. The lowest BCUT2D eigenvalue weighted by molar-refractivity contribution is -0.385. The minimum absolute atomic E-state index is 0.00176. The van der Waals surface area contributed by atoms with Crippen molar-refractivity contribution in [3.63, 3.8) is 0 Å². The van der Waals surface area contributed by atoms with E-state index in [1.165, 1.54) is 10.4 Å². The number of aromatic nitrogens is 1. The smallest absolute Gasteiger partial charge is 0.285 e. The van der Waals surface area contributed by atoms with Crippen LogP contribution in [0, 0.1) is 10.1 Å². The van der Waals surface area contributed by atoms with Gasteiger partial charge in [0.05, 0.1) is 17.2 Å². The van der Waals surface area contributed by atoms with Crippen LogP contribution in [0.25, 0.3) is 0 Å². The Morgan fingerprint density at radius 1 is 1.42 bits per heavy atom. The number of thiophene rings is 1. The molecule has 0 saturated carbocycles. The highest BCUT2D eigenvalue weighted by Gasteiger charge is 2.30. The van der Waals surface area contributed by atoms with E-state index in [-0.39, 0.29) is 24.2 Å². The van der Waals surface area contributed by atoms with Crippen LogP contribution in [-0.4, -0.2) is 26.8 Å². The number of rotatable bonds is 4. The van der Waals surface area contributed by atoms with E-state index in [4.69, 9.17) is 0 Å². The van der Waals surface area contributed by atoms with Crippen LogP contribution in [0.5, 0.6) is 0 Å². The Kier molecular flexibility index (Phi) is 4.48. The number of hydrogen-bond donors (Lipinski definition) is 0. The first-order valence-corrected chi connectivity index (χ1v) is 8.60. The summed E-state index contributed by atoms with van der Waals surface area (Å²) in [5, 5.41) is 12.9. The highest BCUT2D eigenvalue weighted by molar-refractivity contribution is 7.10. The Morgan fingerprint density at radius 3 is 2.92 bits per heavy atom. The first kappa shape index (κ1) is 16.4. The number of carbonyl (C=O) groups excluding carboxylic acids is 1. The monoisotopic (exact) mass is 347 g/mol. The fourth-order valence-electron chi connectivity index (χ4n) is 3.12. The number of amides is 1. The van der Waals surface area contributed by atoms with Gasteiger partial charge in [-0.3, -0.25) is 24.3 Å². The summed E-state index contributed by atoms with van der Waals surface area (Å²) < 4.78 is 1.11. The van der Waals surface area contributed by atoms with E-state index in [1.807, 2.05) is 18.4 Å². The first-order valence-electron chi connectivity index (χ1n) is 7.72. The van der Waals surface area contributed by atoms with Gasteiger partial charge in [0, 0.05) is 23.6 Å². The van der Waals surface area contributed by atoms with Crippen molar-refractivity contribution >= 4 is 22.9 Å². The molecule has 7 nitrogen and oxygen atoms in total. The van der Waals surface area contributed by atoms with Crippen LogP contribution in [0.4, 0.5) is 5.69 Å². The second-order valence-corrected chi connectivity index (χ2v) is 6.67. The summed E-state index contributed by atoms with van der Waals surface area (Å²) >= 11 is 1.70. The lowest BCUT2D eigenvalue weighted by Crippen LogP contribution is -2.42. The molecule has 0 aromatic carbocycles. The van der Waals surface area contributed by atoms with E-state index in [9.17, 15) is 19.7 Å². The minimum atomic E-state index is -0.576. The van der Waals surface area contributed by atoms with Gasteiger partial charge in [0.25, 0.3) is 11.2 Å². The molecule has 126 valence electrons. The van der Waals surface area contributed by atoms with E-state index in [0.717, 1.165) is 35.7 Å². The molecule has 1 amide bonds. The number of pyridine rings is 1. The zero-order chi connectivity index (χ0) is 17.3. The molecule has 0 bridgehead atoms. The number of carbonyl (C=O) groups is 1. The molecular weight excluding hydrogens is 330 g/mol. The van der Waals surface area contributed by atoms with Gasteiger partial charge in [-0.05, 0) is 29.9 Å². The molecule has 2 aromatic rings. The van der Waals surface area contributed by atoms with Gasteiger partial charge in [0.1, 0.15) is 6.54 Å². The second-order valence-electron chi connectivity index (χ2n) is 5.67. The molecule has 3 heterocycles. The van der Waals surface area contributed by atoms with E-state index < -0.39 is 10.5 Å². The van der Waals surface area contributed by atoms with Crippen molar-refractivity contribution in [3.8, 4) is 0 Å². The van der Waals surface area contributed by atoms with Gasteiger partial charge < -0.3 is 4.90 Å². The molecule has 0 radical (unpaired) electrons. The Bertz CT molecular complexity index is 842. The largest absolute Gasteiger partial charge is 0.334 e. The predicted molar refractivity (Wildman–Crippen MR) is 90.1 cm³/mol. The van der Waals surface area contributed by atoms with Crippen molar-refractivity contribution in [2.75, 3.05) is 6.54 Å². The molecule has 3 rings (SSSR count). The van der Waals surface area contributed by atoms with Crippen LogP contribution in [0.15, 0.2) is 34.6 Å². The second kappa shape index (κ2) is 6.56. The minimum Gasteiger partial charge on any atom is -0.334 e. The molecule has 0 fully saturated rings. The van der Waals surface area contributed by atoms with E-state index in [2.05, 4.69) is 0 Å². The third kappa shape index (κ3) is 2.96. The Hall–Kier alpha value is -2.48. The van der Waals surface area contributed by atoms with Crippen molar-refractivity contribution in [1.29, 1.82) is 0 Å². The highest BCUT2D eigenvalue weighted by Crippen LogP contribution is 2.35. The summed E-state index contributed by atoms with van der Waals surface area (Å²) in [6.45, 7) is 2.45. The zero-order valence-corrected chi connectivity index (χ0v) is 14.0. The van der Waals surface area contributed by atoms with E-state index in [0.29, 0.717) is 6.54 Å². The highest BCUT2D eigenvalue weighted by atomic mass is 32.1. The lowest BCUT2D eigenvalue weighted by Gasteiger charge is -2.35. The van der Waals surface area contributed by atoms with Crippen molar-refractivity contribution in [2.45, 2.75) is 32.4 Å². The number of nitro groups is 1. The summed E-state index contributed by atoms with van der Waals surface area (Å²) in [7, 11) is 0. The van der Waals surface area contributed by atoms with E-state index in [1.54, 1.807) is 16.2 Å². The Balaban J connectivity index is 1.84. The molecule has 24 heavy (non-hydrogen) atoms. The molecule has 1 unspecified atom stereocenters. The predicted octanol–water partition coefficient (Wildman–Crippen LogP) is 2.35. The number of hydrogen-bond acceptors (Lipinski definition) is 5. The molecular formula is C16H17N3O4S. The summed E-state index contributed by atoms with van der Waals surface area (Å²) in [5.41, 5.74) is 0.553. The zero-order valence-electron chi connectivity index (χ0n) is 13.2. The van der Waals surface area contributed by atoms with Crippen LogP contribution in [-0.2, 0) is 17.8 Å². The quantitative estimate of drug-likeness (QED) is 0.628. The van der Waals surface area contributed by atoms with Gasteiger partial charge in [-0.25, -0.2) is 0 Å². The molecule has 0 spiro atoms. The normalized spacial score (nSPS) is 16.7. The summed E-state index contributed by atoms with van der Waals surface area (Å²) in [6, 6.07) is 4.32. The van der Waals surface area contributed by atoms with Crippen molar-refractivity contribution < 1.29 is 9.72 Å². The SMILES string of the molecule is CCC1c2ccsc2CCN1C(=O)Cn1cc([N+](=O)[O-])ccc1=O. The summed E-state index contributed by atoms with van der Waals surface area (Å²) in [5.74, 6) is -0.193. The fraction of sp³-hybridized carbons (Fsp3) is 0.375. The van der Waals surface area contributed by atoms with Crippen molar-refractivity contribution in [2.24, 2.45) is 0 Å². The summed E-state index contributed by atoms with van der Waals surface area (Å²) in [4.78, 5) is 38.0. The maximum absolute atomic E-state index is 12.7. The molecule has 2 aromatic heterocycles. The van der Waals surface area contributed by atoms with Gasteiger partial charge in [-0.2, -0.15) is 0 Å². The molecule has 0 saturated heterocycles. The first-order chi connectivity index (χ1) is 11.5. The Labute approximate surface area is 142 Å². The van der Waals surface area contributed by atoms with Crippen LogP contribution in [0.2, 0.25) is 0 Å². The Morgan fingerprint density at radius 2 is 2.21 bits per heavy atom. The summed E-state index contributed by atoms with van der Waals surface area (Å²) in [6.07, 6.45) is 2.72. The van der Waals surface area contributed by atoms with Gasteiger partial charge in [0.15, 0.2) is 0 Å². The number of nitrogens with zero attached hydrogens (tertiary/aromatic N) is 3.